The predicted octanol–water partition coefficient (Wildman–Crippen LogP) is 3.03. The molecule has 1 aromatic heterocycles. The molecular weight excluding hydrogens is 268 g/mol. The van der Waals surface area contributed by atoms with E-state index in [9.17, 15) is 4.79 Å². The quantitative estimate of drug-likeness (QED) is 0.887. The molecular formula is C16H16N2O3. The van der Waals surface area contributed by atoms with Crippen LogP contribution in [0.1, 0.15) is 24.2 Å². The lowest BCUT2D eigenvalue weighted by Crippen LogP contribution is -2.40. The highest BCUT2D eigenvalue weighted by molar-refractivity contribution is 5.89. The summed E-state index contributed by atoms with van der Waals surface area (Å²) in [4.78, 5) is 15.6. The van der Waals surface area contributed by atoms with Crippen molar-refractivity contribution >= 4 is 11.8 Å². The zero-order valence-electron chi connectivity index (χ0n) is 11.9. The summed E-state index contributed by atoms with van der Waals surface area (Å²) >= 11 is 0. The molecule has 21 heavy (non-hydrogen) atoms. The van der Waals surface area contributed by atoms with Crippen LogP contribution < -0.4 is 10.1 Å². The molecule has 0 aliphatic carbocycles. The fourth-order valence-electron chi connectivity index (χ4n) is 2.26. The number of hydrogen-bond acceptors (Lipinski definition) is 4. The number of aromatic carboxylic acids is 1. The number of carbonyl (C=O) groups is 1. The number of carboxylic acid groups (broad SMARTS) is 1. The summed E-state index contributed by atoms with van der Waals surface area (Å²) in [5.41, 5.74) is 1.47. The van der Waals surface area contributed by atoms with Crippen molar-refractivity contribution < 1.29 is 14.6 Å². The summed E-state index contributed by atoms with van der Waals surface area (Å²) in [6.45, 7) is 4.69. The first kappa shape index (κ1) is 13.4. The lowest BCUT2D eigenvalue weighted by atomic mass is 10.1. The van der Waals surface area contributed by atoms with Gasteiger partial charge in [-0.2, -0.15) is 0 Å². The number of ether oxygens (including phenoxy) is 1. The summed E-state index contributed by atoms with van der Waals surface area (Å²) < 4.78 is 5.85. The van der Waals surface area contributed by atoms with Crippen molar-refractivity contribution in [1.29, 1.82) is 0 Å². The van der Waals surface area contributed by atoms with Crippen molar-refractivity contribution in [2.24, 2.45) is 0 Å². The Balaban J connectivity index is 1.98. The van der Waals surface area contributed by atoms with Crippen LogP contribution in [0.2, 0.25) is 0 Å². The van der Waals surface area contributed by atoms with Crippen molar-refractivity contribution in [3.8, 4) is 17.0 Å². The third-order valence-corrected chi connectivity index (χ3v) is 3.33. The van der Waals surface area contributed by atoms with Crippen molar-refractivity contribution in [3.63, 3.8) is 0 Å². The van der Waals surface area contributed by atoms with Gasteiger partial charge in [0.1, 0.15) is 5.60 Å². The second-order valence-corrected chi connectivity index (χ2v) is 5.64. The first-order valence-electron chi connectivity index (χ1n) is 6.72. The van der Waals surface area contributed by atoms with Crippen molar-refractivity contribution in [2.45, 2.75) is 19.4 Å². The summed E-state index contributed by atoms with van der Waals surface area (Å²) in [6, 6.07) is 10.4. The van der Waals surface area contributed by atoms with Gasteiger partial charge in [0, 0.05) is 5.56 Å². The van der Waals surface area contributed by atoms with E-state index >= 15 is 0 Å². The van der Waals surface area contributed by atoms with Crippen molar-refractivity contribution in [1.82, 2.24) is 4.98 Å². The summed E-state index contributed by atoms with van der Waals surface area (Å²) in [5.74, 6) is 0.454. The van der Waals surface area contributed by atoms with Crippen LogP contribution in [0.15, 0.2) is 36.4 Å². The molecule has 2 heterocycles. The number of carboxylic acids is 1. The Morgan fingerprint density at radius 3 is 2.90 bits per heavy atom. The van der Waals surface area contributed by atoms with Gasteiger partial charge in [-0.15, -0.1) is 0 Å². The topological polar surface area (TPSA) is 71.5 Å². The molecule has 0 atom stereocenters. The molecule has 0 bridgehead atoms. The maximum atomic E-state index is 11.0. The molecule has 5 heteroatoms. The standard InChI is InChI=1S/C16H16N2O3/c1-16(2)9-17-14-13(21-16)7-6-12(18-14)10-4-3-5-11(8-10)15(19)20/h3-8H,9H2,1-2H3,(H,17,18)(H,19,20). The average Bonchev–Trinajstić information content (AvgIpc) is 2.46. The minimum Gasteiger partial charge on any atom is -0.482 e. The number of fused-ring (bicyclic) bond motifs is 1. The van der Waals surface area contributed by atoms with E-state index in [-0.39, 0.29) is 11.2 Å². The second kappa shape index (κ2) is 4.77. The normalized spacial score (nSPS) is 15.5. The fourth-order valence-corrected chi connectivity index (χ4v) is 2.26. The molecule has 0 spiro atoms. The highest BCUT2D eigenvalue weighted by atomic mass is 16.5. The zero-order valence-corrected chi connectivity index (χ0v) is 11.9. The smallest absolute Gasteiger partial charge is 0.335 e. The van der Waals surface area contributed by atoms with Crippen LogP contribution in [0, 0.1) is 0 Å². The minimum atomic E-state index is -0.946. The third kappa shape index (κ3) is 2.67. The van der Waals surface area contributed by atoms with E-state index in [0.717, 1.165) is 5.56 Å². The first-order valence-corrected chi connectivity index (χ1v) is 6.72. The van der Waals surface area contributed by atoms with Crippen molar-refractivity contribution in [2.75, 3.05) is 11.9 Å². The number of anilines is 1. The molecule has 1 aliphatic heterocycles. The fraction of sp³-hybridized carbons (Fsp3) is 0.250. The molecule has 5 nitrogen and oxygen atoms in total. The van der Waals surface area contributed by atoms with Gasteiger partial charge in [0.25, 0.3) is 0 Å². The van der Waals surface area contributed by atoms with Crippen LogP contribution in [-0.4, -0.2) is 28.2 Å². The summed E-state index contributed by atoms with van der Waals surface area (Å²) in [5, 5.41) is 12.3. The van der Waals surface area contributed by atoms with Gasteiger partial charge in [-0.05, 0) is 38.1 Å². The molecule has 0 saturated carbocycles. The molecule has 2 aromatic rings. The number of nitrogens with zero attached hydrogens (tertiary/aromatic N) is 1. The van der Waals surface area contributed by atoms with E-state index in [1.54, 1.807) is 18.2 Å². The Labute approximate surface area is 122 Å². The van der Waals surface area contributed by atoms with Gasteiger partial charge in [0.15, 0.2) is 11.6 Å². The Kier molecular flexibility index (Phi) is 3.05. The third-order valence-electron chi connectivity index (χ3n) is 3.33. The second-order valence-electron chi connectivity index (χ2n) is 5.64. The largest absolute Gasteiger partial charge is 0.482 e. The maximum Gasteiger partial charge on any atom is 0.335 e. The molecule has 2 N–H and O–H groups in total. The van der Waals surface area contributed by atoms with Gasteiger partial charge in [0.05, 0.1) is 17.8 Å². The number of rotatable bonds is 2. The Morgan fingerprint density at radius 2 is 2.14 bits per heavy atom. The summed E-state index contributed by atoms with van der Waals surface area (Å²) in [7, 11) is 0. The van der Waals surface area contributed by atoms with Crippen LogP contribution in [0.5, 0.6) is 5.75 Å². The average molecular weight is 284 g/mol. The first-order chi connectivity index (χ1) is 9.94. The number of pyridine rings is 1. The van der Waals surface area contributed by atoms with E-state index in [0.29, 0.717) is 23.8 Å². The molecule has 0 amide bonds. The lowest BCUT2D eigenvalue weighted by Gasteiger charge is -2.32. The Hall–Kier alpha value is -2.56. The number of hydrogen-bond donors (Lipinski definition) is 2. The number of nitrogens with one attached hydrogen (secondary N) is 1. The number of benzene rings is 1. The van der Waals surface area contributed by atoms with Crippen LogP contribution in [0.4, 0.5) is 5.82 Å². The molecule has 108 valence electrons. The van der Waals surface area contributed by atoms with Crippen LogP contribution in [0.3, 0.4) is 0 Å². The predicted molar refractivity (Wildman–Crippen MR) is 79.8 cm³/mol. The van der Waals surface area contributed by atoms with Gasteiger partial charge < -0.3 is 15.2 Å². The van der Waals surface area contributed by atoms with Gasteiger partial charge in [-0.25, -0.2) is 9.78 Å². The molecule has 1 aliphatic rings. The monoisotopic (exact) mass is 284 g/mol. The van der Waals surface area contributed by atoms with Gasteiger partial charge in [0.2, 0.25) is 0 Å². The van der Waals surface area contributed by atoms with Crippen LogP contribution in [0.25, 0.3) is 11.3 Å². The van der Waals surface area contributed by atoms with Crippen molar-refractivity contribution in [3.05, 3.63) is 42.0 Å². The Bertz CT molecular complexity index is 710. The van der Waals surface area contributed by atoms with E-state index in [2.05, 4.69) is 10.3 Å². The van der Waals surface area contributed by atoms with Crippen LogP contribution >= 0.6 is 0 Å². The summed E-state index contributed by atoms with van der Waals surface area (Å²) in [6.07, 6.45) is 0. The highest BCUT2D eigenvalue weighted by Gasteiger charge is 2.27. The molecule has 3 rings (SSSR count). The minimum absolute atomic E-state index is 0.248. The zero-order chi connectivity index (χ0) is 15.0. The molecule has 0 fully saturated rings. The molecule has 1 aromatic carbocycles. The lowest BCUT2D eigenvalue weighted by molar-refractivity contribution is 0.0697. The highest BCUT2D eigenvalue weighted by Crippen LogP contribution is 2.33. The van der Waals surface area contributed by atoms with E-state index in [1.165, 1.54) is 0 Å². The van der Waals surface area contributed by atoms with Gasteiger partial charge in [-0.3, -0.25) is 0 Å². The van der Waals surface area contributed by atoms with E-state index < -0.39 is 5.97 Å². The number of aromatic nitrogens is 1. The van der Waals surface area contributed by atoms with Gasteiger partial charge >= 0.3 is 5.97 Å². The van der Waals surface area contributed by atoms with E-state index in [1.807, 2.05) is 32.0 Å². The molecule has 0 saturated heterocycles. The van der Waals surface area contributed by atoms with Crippen LogP contribution in [-0.2, 0) is 0 Å². The Morgan fingerprint density at radius 1 is 1.33 bits per heavy atom. The maximum absolute atomic E-state index is 11.0. The molecule has 0 unspecified atom stereocenters. The van der Waals surface area contributed by atoms with Gasteiger partial charge in [-0.1, -0.05) is 12.1 Å². The SMILES string of the molecule is CC1(C)CNc2nc(-c3cccc(C(=O)O)c3)ccc2O1. The molecule has 0 radical (unpaired) electrons. The van der Waals surface area contributed by atoms with E-state index in [4.69, 9.17) is 9.84 Å².